The third kappa shape index (κ3) is 5.21. The van der Waals surface area contributed by atoms with E-state index < -0.39 is 0 Å². The van der Waals surface area contributed by atoms with Crippen LogP contribution in [0.5, 0.6) is 0 Å². The molecular formula is C24H28N3O2+. The number of amides is 2. The lowest BCUT2D eigenvalue weighted by molar-refractivity contribution is -0.886. The number of nitrogens with zero attached hydrogens (tertiary/aromatic N) is 1. The molecule has 0 fully saturated rings. The third-order valence-corrected chi connectivity index (χ3v) is 5.25. The molecule has 3 aromatic rings. The van der Waals surface area contributed by atoms with Gasteiger partial charge in [0.05, 0.1) is 7.05 Å². The monoisotopic (exact) mass is 390 g/mol. The van der Waals surface area contributed by atoms with Crippen molar-refractivity contribution in [3.63, 3.8) is 0 Å². The lowest BCUT2D eigenvalue weighted by atomic mass is 10.1. The average molecular weight is 391 g/mol. The van der Waals surface area contributed by atoms with Gasteiger partial charge in [0.15, 0.2) is 12.6 Å². The van der Waals surface area contributed by atoms with E-state index in [1.54, 1.807) is 11.9 Å². The van der Waals surface area contributed by atoms with Crippen molar-refractivity contribution < 1.29 is 14.5 Å². The number of carbonyl (C=O) groups excluding carboxylic acids is 2. The molecule has 0 heterocycles. The maximum Gasteiger partial charge on any atom is 0.280 e. The SMILES string of the molecule is C[C@@H](C(=O)N(C)Cc1ccccc1)[NH+](C)CC(=O)Nc1cccc2ccccc12. The zero-order valence-corrected chi connectivity index (χ0v) is 17.2. The molecule has 0 saturated heterocycles. The molecule has 0 aromatic heterocycles. The molecule has 3 rings (SSSR count). The van der Waals surface area contributed by atoms with Crippen LogP contribution < -0.4 is 10.2 Å². The zero-order chi connectivity index (χ0) is 20.8. The van der Waals surface area contributed by atoms with Gasteiger partial charge in [0, 0.05) is 24.7 Å². The Morgan fingerprint density at radius 3 is 2.38 bits per heavy atom. The van der Waals surface area contributed by atoms with Crippen LogP contribution in [0.25, 0.3) is 10.8 Å². The third-order valence-electron chi connectivity index (χ3n) is 5.25. The van der Waals surface area contributed by atoms with Gasteiger partial charge in [-0.15, -0.1) is 0 Å². The van der Waals surface area contributed by atoms with E-state index >= 15 is 0 Å². The molecule has 0 saturated carbocycles. The van der Waals surface area contributed by atoms with E-state index in [1.165, 1.54) is 0 Å². The number of likely N-dealkylation sites (N-methyl/N-ethyl adjacent to an activating group) is 2. The molecule has 0 aliphatic heterocycles. The number of rotatable bonds is 7. The standard InChI is InChI=1S/C24H27N3O2/c1-18(24(29)27(3)16-19-10-5-4-6-11-19)26(2)17-23(28)25-22-15-9-13-20-12-7-8-14-21(20)22/h4-15,18H,16-17H2,1-3H3,(H,25,28)/p+1/t18-/m0/s1. The summed E-state index contributed by atoms with van der Waals surface area (Å²) in [5.41, 5.74) is 1.88. The van der Waals surface area contributed by atoms with Crippen molar-refractivity contribution in [3.05, 3.63) is 78.4 Å². The van der Waals surface area contributed by atoms with E-state index in [0.29, 0.717) is 6.54 Å². The zero-order valence-electron chi connectivity index (χ0n) is 17.2. The summed E-state index contributed by atoms with van der Waals surface area (Å²) < 4.78 is 0. The fraction of sp³-hybridized carbons (Fsp3) is 0.250. The minimum Gasteiger partial charge on any atom is -0.336 e. The second-order valence-corrected chi connectivity index (χ2v) is 7.50. The van der Waals surface area contributed by atoms with E-state index in [2.05, 4.69) is 5.32 Å². The Morgan fingerprint density at radius 1 is 0.966 bits per heavy atom. The lowest BCUT2D eigenvalue weighted by Crippen LogP contribution is -3.15. The number of anilines is 1. The number of fused-ring (bicyclic) bond motifs is 1. The van der Waals surface area contributed by atoms with Gasteiger partial charge in [-0.2, -0.15) is 0 Å². The fourth-order valence-electron chi connectivity index (χ4n) is 3.41. The van der Waals surface area contributed by atoms with Gasteiger partial charge in [0.25, 0.3) is 11.8 Å². The van der Waals surface area contributed by atoms with Crippen LogP contribution in [0.1, 0.15) is 12.5 Å². The molecule has 5 heteroatoms. The Kier molecular flexibility index (Phi) is 6.62. The highest BCUT2D eigenvalue weighted by Crippen LogP contribution is 2.22. The van der Waals surface area contributed by atoms with Gasteiger partial charge < -0.3 is 15.1 Å². The van der Waals surface area contributed by atoms with E-state index in [4.69, 9.17) is 0 Å². The molecule has 2 amide bonds. The van der Waals surface area contributed by atoms with Crippen molar-refractivity contribution in [2.75, 3.05) is 26.0 Å². The minimum absolute atomic E-state index is 0.0179. The summed E-state index contributed by atoms with van der Waals surface area (Å²) in [5, 5.41) is 5.08. The number of benzene rings is 3. The molecular weight excluding hydrogens is 362 g/mol. The maximum absolute atomic E-state index is 12.8. The molecule has 0 spiro atoms. The van der Waals surface area contributed by atoms with E-state index in [0.717, 1.165) is 26.9 Å². The Labute approximate surface area is 171 Å². The van der Waals surface area contributed by atoms with Crippen molar-refractivity contribution in [2.45, 2.75) is 19.5 Å². The van der Waals surface area contributed by atoms with Crippen molar-refractivity contribution in [1.29, 1.82) is 0 Å². The maximum atomic E-state index is 12.8. The molecule has 1 unspecified atom stereocenters. The summed E-state index contributed by atoms with van der Waals surface area (Å²) in [6.07, 6.45) is 0. The van der Waals surface area contributed by atoms with Gasteiger partial charge >= 0.3 is 0 Å². The first-order valence-corrected chi connectivity index (χ1v) is 9.84. The van der Waals surface area contributed by atoms with Crippen molar-refractivity contribution >= 4 is 28.3 Å². The first-order chi connectivity index (χ1) is 14.0. The van der Waals surface area contributed by atoms with Gasteiger partial charge in [-0.05, 0) is 23.9 Å². The topological polar surface area (TPSA) is 53.9 Å². The predicted molar refractivity (Wildman–Crippen MR) is 117 cm³/mol. The molecule has 0 aliphatic carbocycles. The van der Waals surface area contributed by atoms with Crippen LogP contribution in [-0.2, 0) is 16.1 Å². The van der Waals surface area contributed by atoms with Gasteiger partial charge in [-0.3, -0.25) is 9.59 Å². The number of nitrogens with one attached hydrogen (secondary N) is 2. The molecule has 2 atom stereocenters. The Morgan fingerprint density at radius 2 is 1.62 bits per heavy atom. The molecule has 0 bridgehead atoms. The van der Waals surface area contributed by atoms with Crippen molar-refractivity contribution in [1.82, 2.24) is 4.90 Å². The van der Waals surface area contributed by atoms with E-state index in [9.17, 15) is 9.59 Å². The van der Waals surface area contributed by atoms with Crippen molar-refractivity contribution in [3.8, 4) is 0 Å². The van der Waals surface area contributed by atoms with Crippen LogP contribution in [0, 0.1) is 0 Å². The van der Waals surface area contributed by atoms with Crippen LogP contribution in [-0.4, -0.2) is 43.4 Å². The van der Waals surface area contributed by atoms with E-state index in [1.807, 2.05) is 86.8 Å². The first-order valence-electron chi connectivity index (χ1n) is 9.84. The van der Waals surface area contributed by atoms with Crippen LogP contribution in [0.2, 0.25) is 0 Å². The number of quaternary nitrogens is 1. The van der Waals surface area contributed by atoms with Gasteiger partial charge in [0.1, 0.15) is 0 Å². The Hall–Kier alpha value is -3.18. The minimum atomic E-state index is -0.318. The van der Waals surface area contributed by atoms with Gasteiger partial charge in [-0.1, -0.05) is 66.7 Å². The molecule has 2 N–H and O–H groups in total. The molecule has 150 valence electrons. The lowest BCUT2D eigenvalue weighted by Gasteiger charge is -2.25. The Bertz CT molecular complexity index is 982. The summed E-state index contributed by atoms with van der Waals surface area (Å²) in [6.45, 7) is 2.64. The van der Waals surface area contributed by atoms with Crippen LogP contribution >= 0.6 is 0 Å². The molecule has 0 radical (unpaired) electrons. The highest BCUT2D eigenvalue weighted by atomic mass is 16.2. The smallest absolute Gasteiger partial charge is 0.280 e. The number of hydrogen-bond donors (Lipinski definition) is 2. The summed E-state index contributed by atoms with van der Waals surface area (Å²) >= 11 is 0. The van der Waals surface area contributed by atoms with Crippen LogP contribution in [0.3, 0.4) is 0 Å². The normalized spacial score (nSPS) is 12.9. The highest BCUT2D eigenvalue weighted by Gasteiger charge is 2.26. The number of carbonyl (C=O) groups is 2. The molecule has 29 heavy (non-hydrogen) atoms. The summed E-state index contributed by atoms with van der Waals surface area (Å²) in [6, 6.07) is 23.4. The van der Waals surface area contributed by atoms with Crippen LogP contribution in [0.4, 0.5) is 5.69 Å². The summed E-state index contributed by atoms with van der Waals surface area (Å²) in [4.78, 5) is 27.9. The second kappa shape index (κ2) is 9.34. The average Bonchev–Trinajstić information content (AvgIpc) is 2.73. The first kappa shape index (κ1) is 20.6. The summed E-state index contributed by atoms with van der Waals surface area (Å²) in [7, 11) is 3.68. The summed E-state index contributed by atoms with van der Waals surface area (Å²) in [5.74, 6) is -0.0893. The van der Waals surface area contributed by atoms with Crippen LogP contribution in [0.15, 0.2) is 72.8 Å². The van der Waals surface area contributed by atoms with Gasteiger partial charge in [-0.25, -0.2) is 0 Å². The largest absolute Gasteiger partial charge is 0.336 e. The molecule has 0 aliphatic rings. The number of hydrogen-bond acceptors (Lipinski definition) is 2. The Balaban J connectivity index is 1.59. The van der Waals surface area contributed by atoms with Gasteiger partial charge in [0.2, 0.25) is 0 Å². The molecule has 5 nitrogen and oxygen atoms in total. The fourth-order valence-corrected chi connectivity index (χ4v) is 3.41. The van der Waals surface area contributed by atoms with E-state index in [-0.39, 0.29) is 24.4 Å². The highest BCUT2D eigenvalue weighted by molar-refractivity contribution is 6.02. The predicted octanol–water partition coefficient (Wildman–Crippen LogP) is 2.34. The van der Waals surface area contributed by atoms with Crippen molar-refractivity contribution in [2.24, 2.45) is 0 Å². The molecule has 3 aromatic carbocycles. The second-order valence-electron chi connectivity index (χ2n) is 7.50. The quantitative estimate of drug-likeness (QED) is 0.651.